The van der Waals surface area contributed by atoms with Crippen molar-refractivity contribution < 1.29 is 4.79 Å². The highest BCUT2D eigenvalue weighted by Crippen LogP contribution is 2.25. The molecular formula is C13H24BrNO. The molecule has 2 nitrogen and oxygen atoms in total. The number of rotatable bonds is 1. The van der Waals surface area contributed by atoms with Crippen LogP contribution in [0.4, 0.5) is 0 Å². The predicted molar refractivity (Wildman–Crippen MR) is 71.6 cm³/mol. The van der Waals surface area contributed by atoms with Crippen molar-refractivity contribution in [2.24, 2.45) is 11.7 Å². The fraction of sp³-hybridized carbons (Fsp3) is 0.923. The number of amides is 1. The molecule has 16 heavy (non-hydrogen) atoms. The minimum atomic E-state index is -0.110. The topological polar surface area (TPSA) is 43.1 Å². The number of halogens is 1. The molecule has 0 bridgehead atoms. The van der Waals surface area contributed by atoms with Crippen molar-refractivity contribution in [2.75, 3.05) is 0 Å². The van der Waals surface area contributed by atoms with Gasteiger partial charge in [-0.1, -0.05) is 60.9 Å². The molecule has 0 radical (unpaired) electrons. The number of carbonyl (C=O) groups excluding carboxylic acids is 1. The monoisotopic (exact) mass is 289 g/mol. The second-order valence-corrected chi connectivity index (χ2v) is 6.28. The van der Waals surface area contributed by atoms with Crippen LogP contribution in [0.2, 0.25) is 0 Å². The number of nitrogens with two attached hydrogens (primary N) is 1. The van der Waals surface area contributed by atoms with E-state index in [-0.39, 0.29) is 11.8 Å². The molecule has 1 saturated carbocycles. The molecule has 1 amide bonds. The van der Waals surface area contributed by atoms with E-state index in [0.717, 1.165) is 19.3 Å². The maximum Gasteiger partial charge on any atom is 0.220 e. The van der Waals surface area contributed by atoms with Crippen LogP contribution < -0.4 is 5.73 Å². The predicted octanol–water partition coefficient (Wildman–Crippen LogP) is 3.77. The third-order valence-electron chi connectivity index (χ3n) is 3.51. The standard InChI is InChI=1S/C13H24BrNO/c14-12-9-7-5-3-1-2-4-6-8-11(10-12)13(15)16/h11-12H,1-10H2,(H2,15,16). The highest BCUT2D eigenvalue weighted by Gasteiger charge is 2.19. The number of primary amides is 1. The average Bonchev–Trinajstić information content (AvgIpc) is 2.22. The Hall–Kier alpha value is -0.0500. The van der Waals surface area contributed by atoms with Crippen LogP contribution in [-0.4, -0.2) is 10.7 Å². The van der Waals surface area contributed by atoms with Crippen LogP contribution in [0, 0.1) is 5.92 Å². The van der Waals surface area contributed by atoms with Crippen molar-refractivity contribution in [3.63, 3.8) is 0 Å². The Labute approximate surface area is 107 Å². The Kier molecular flexibility index (Phi) is 7.10. The third-order valence-corrected chi connectivity index (χ3v) is 4.34. The van der Waals surface area contributed by atoms with E-state index in [1.165, 1.54) is 44.9 Å². The summed E-state index contributed by atoms with van der Waals surface area (Å²) in [6, 6.07) is 0. The first kappa shape index (κ1) is 14.0. The lowest BCUT2D eigenvalue weighted by Gasteiger charge is -2.18. The number of carbonyl (C=O) groups is 1. The second-order valence-electron chi connectivity index (χ2n) is 4.98. The number of hydrogen-bond acceptors (Lipinski definition) is 1. The lowest BCUT2D eigenvalue weighted by atomic mass is 9.92. The smallest absolute Gasteiger partial charge is 0.220 e. The average molecular weight is 290 g/mol. The van der Waals surface area contributed by atoms with Crippen LogP contribution in [0.15, 0.2) is 0 Å². The molecule has 0 heterocycles. The Morgan fingerprint density at radius 3 is 2.00 bits per heavy atom. The van der Waals surface area contributed by atoms with Gasteiger partial charge in [0, 0.05) is 10.7 Å². The van der Waals surface area contributed by atoms with E-state index in [1.807, 2.05) is 0 Å². The normalized spacial score (nSPS) is 30.1. The van der Waals surface area contributed by atoms with Crippen LogP contribution in [0.25, 0.3) is 0 Å². The van der Waals surface area contributed by atoms with Crippen LogP contribution in [0.1, 0.15) is 64.2 Å². The first-order chi connectivity index (χ1) is 7.70. The maximum absolute atomic E-state index is 11.3. The highest BCUT2D eigenvalue weighted by molar-refractivity contribution is 9.09. The molecular weight excluding hydrogens is 266 g/mol. The van der Waals surface area contributed by atoms with Crippen molar-refractivity contribution in [1.82, 2.24) is 0 Å². The Bertz CT molecular complexity index is 208. The van der Waals surface area contributed by atoms with Gasteiger partial charge in [0.1, 0.15) is 0 Å². The molecule has 2 atom stereocenters. The molecule has 2 N–H and O–H groups in total. The maximum atomic E-state index is 11.3. The number of alkyl halides is 1. The molecule has 0 aromatic carbocycles. The zero-order valence-corrected chi connectivity index (χ0v) is 11.7. The van der Waals surface area contributed by atoms with Crippen LogP contribution in [0.5, 0.6) is 0 Å². The third kappa shape index (κ3) is 5.88. The van der Waals surface area contributed by atoms with E-state index in [9.17, 15) is 4.79 Å². The zero-order chi connectivity index (χ0) is 11.8. The molecule has 1 aliphatic carbocycles. The highest BCUT2D eigenvalue weighted by atomic mass is 79.9. The van der Waals surface area contributed by atoms with E-state index in [1.54, 1.807) is 0 Å². The summed E-state index contributed by atoms with van der Waals surface area (Å²) in [6.07, 6.45) is 12.2. The molecule has 3 heteroatoms. The molecule has 1 rings (SSSR count). The summed E-state index contributed by atoms with van der Waals surface area (Å²) >= 11 is 3.68. The lowest BCUT2D eigenvalue weighted by Crippen LogP contribution is -2.25. The molecule has 1 fully saturated rings. The van der Waals surface area contributed by atoms with Gasteiger partial charge < -0.3 is 5.73 Å². The van der Waals surface area contributed by atoms with Crippen LogP contribution in [0.3, 0.4) is 0 Å². The number of hydrogen-bond donors (Lipinski definition) is 1. The molecule has 0 spiro atoms. The Morgan fingerprint density at radius 1 is 0.938 bits per heavy atom. The summed E-state index contributed by atoms with van der Waals surface area (Å²) in [4.78, 5) is 11.8. The van der Waals surface area contributed by atoms with E-state index in [2.05, 4.69) is 15.9 Å². The quantitative estimate of drug-likeness (QED) is 0.734. The van der Waals surface area contributed by atoms with Gasteiger partial charge in [0.05, 0.1) is 0 Å². The lowest BCUT2D eigenvalue weighted by molar-refractivity contribution is -0.122. The van der Waals surface area contributed by atoms with E-state index < -0.39 is 0 Å². The van der Waals surface area contributed by atoms with Gasteiger partial charge in [-0.3, -0.25) is 4.79 Å². The largest absolute Gasteiger partial charge is 0.369 e. The van der Waals surface area contributed by atoms with Crippen LogP contribution in [-0.2, 0) is 4.79 Å². The molecule has 94 valence electrons. The van der Waals surface area contributed by atoms with Crippen molar-refractivity contribution in [3.8, 4) is 0 Å². The Balaban J connectivity index is 2.41. The molecule has 1 aliphatic rings. The molecule has 0 aliphatic heterocycles. The van der Waals surface area contributed by atoms with Crippen molar-refractivity contribution in [1.29, 1.82) is 0 Å². The van der Waals surface area contributed by atoms with E-state index in [0.29, 0.717) is 4.83 Å². The van der Waals surface area contributed by atoms with Gasteiger partial charge in [-0.05, 0) is 19.3 Å². The molecule has 2 unspecified atom stereocenters. The summed E-state index contributed by atoms with van der Waals surface area (Å²) in [6.45, 7) is 0. The van der Waals surface area contributed by atoms with Gasteiger partial charge >= 0.3 is 0 Å². The fourth-order valence-corrected chi connectivity index (χ4v) is 3.22. The van der Waals surface area contributed by atoms with E-state index in [4.69, 9.17) is 5.73 Å². The fourth-order valence-electron chi connectivity index (χ4n) is 2.44. The zero-order valence-electron chi connectivity index (χ0n) is 10.1. The van der Waals surface area contributed by atoms with Crippen LogP contribution >= 0.6 is 15.9 Å². The first-order valence-corrected chi connectivity index (χ1v) is 7.55. The van der Waals surface area contributed by atoms with Gasteiger partial charge in [0.25, 0.3) is 0 Å². The Morgan fingerprint density at radius 2 is 1.44 bits per heavy atom. The van der Waals surface area contributed by atoms with Crippen molar-refractivity contribution in [2.45, 2.75) is 69.0 Å². The summed E-state index contributed by atoms with van der Waals surface area (Å²) in [5, 5.41) is 0. The van der Waals surface area contributed by atoms with Gasteiger partial charge in [-0.25, -0.2) is 0 Å². The first-order valence-electron chi connectivity index (χ1n) is 6.63. The van der Waals surface area contributed by atoms with Crippen molar-refractivity contribution in [3.05, 3.63) is 0 Å². The SMILES string of the molecule is NC(=O)C1CCCCCCCCCC(Br)C1. The van der Waals surface area contributed by atoms with Gasteiger partial charge in [-0.15, -0.1) is 0 Å². The van der Waals surface area contributed by atoms with Gasteiger partial charge in [0.2, 0.25) is 5.91 Å². The van der Waals surface area contributed by atoms with E-state index >= 15 is 0 Å². The van der Waals surface area contributed by atoms with Gasteiger partial charge in [0.15, 0.2) is 0 Å². The minimum Gasteiger partial charge on any atom is -0.369 e. The van der Waals surface area contributed by atoms with Gasteiger partial charge in [-0.2, -0.15) is 0 Å². The minimum absolute atomic E-state index is 0.0869. The molecule has 0 saturated heterocycles. The molecule has 0 aromatic heterocycles. The summed E-state index contributed by atoms with van der Waals surface area (Å²) < 4.78 is 0. The summed E-state index contributed by atoms with van der Waals surface area (Å²) in [5.74, 6) is -0.0229. The summed E-state index contributed by atoms with van der Waals surface area (Å²) in [5.41, 5.74) is 5.45. The molecule has 0 aromatic rings. The second kappa shape index (κ2) is 8.10. The summed E-state index contributed by atoms with van der Waals surface area (Å²) in [7, 11) is 0. The van der Waals surface area contributed by atoms with Crippen molar-refractivity contribution >= 4 is 21.8 Å².